The molecular formula is C12H13NO5. The lowest BCUT2D eigenvalue weighted by molar-refractivity contribution is -0.140. The van der Waals surface area contributed by atoms with Crippen LogP contribution in [0.1, 0.15) is 15.9 Å². The Hall–Kier alpha value is -2.08. The standard InChI is InChI=1S/C12H13NO5/c14-6-9(12(16)17)13-11(15)8-1-2-10-7(5-8)3-4-18-10/h1-2,5,9,14H,3-4,6H2,(H,13,15)(H,16,17). The molecule has 6 nitrogen and oxygen atoms in total. The average molecular weight is 251 g/mol. The molecule has 0 fully saturated rings. The molecule has 6 heteroatoms. The topological polar surface area (TPSA) is 95.9 Å². The molecule has 0 spiro atoms. The lowest BCUT2D eigenvalue weighted by Gasteiger charge is -2.12. The number of carboxylic acid groups (broad SMARTS) is 1. The van der Waals surface area contributed by atoms with Gasteiger partial charge in [-0.2, -0.15) is 0 Å². The summed E-state index contributed by atoms with van der Waals surface area (Å²) in [7, 11) is 0. The molecule has 3 N–H and O–H groups in total. The van der Waals surface area contributed by atoms with Gasteiger partial charge in [-0.05, 0) is 23.8 Å². The van der Waals surface area contributed by atoms with E-state index in [1.54, 1.807) is 18.2 Å². The molecule has 1 aliphatic rings. The first-order chi connectivity index (χ1) is 8.61. The number of aliphatic hydroxyl groups is 1. The van der Waals surface area contributed by atoms with E-state index in [-0.39, 0.29) is 0 Å². The highest BCUT2D eigenvalue weighted by Crippen LogP contribution is 2.25. The minimum atomic E-state index is -1.29. The zero-order valence-corrected chi connectivity index (χ0v) is 9.55. The van der Waals surface area contributed by atoms with Crippen LogP contribution >= 0.6 is 0 Å². The van der Waals surface area contributed by atoms with Gasteiger partial charge in [-0.15, -0.1) is 0 Å². The lowest BCUT2D eigenvalue weighted by Crippen LogP contribution is -2.43. The number of nitrogens with one attached hydrogen (secondary N) is 1. The van der Waals surface area contributed by atoms with Crippen LogP contribution in [0.4, 0.5) is 0 Å². The number of benzene rings is 1. The van der Waals surface area contributed by atoms with Gasteiger partial charge in [-0.1, -0.05) is 0 Å². The largest absolute Gasteiger partial charge is 0.493 e. The van der Waals surface area contributed by atoms with Crippen molar-refractivity contribution in [3.05, 3.63) is 29.3 Å². The van der Waals surface area contributed by atoms with E-state index >= 15 is 0 Å². The number of ether oxygens (including phenoxy) is 1. The quantitative estimate of drug-likeness (QED) is 0.688. The summed E-state index contributed by atoms with van der Waals surface area (Å²) in [5, 5.41) is 19.8. The minimum absolute atomic E-state index is 0.360. The van der Waals surface area contributed by atoms with Crippen LogP contribution in [0.5, 0.6) is 5.75 Å². The molecule has 1 aliphatic heterocycles. The molecule has 0 aliphatic carbocycles. The summed E-state index contributed by atoms with van der Waals surface area (Å²) in [6, 6.07) is 3.64. The number of carbonyl (C=O) groups excluding carboxylic acids is 1. The number of rotatable bonds is 4. The number of hydrogen-bond donors (Lipinski definition) is 3. The first kappa shape index (κ1) is 12.4. The molecule has 2 rings (SSSR count). The highest BCUT2D eigenvalue weighted by Gasteiger charge is 2.21. The number of carbonyl (C=O) groups is 2. The maximum atomic E-state index is 11.8. The van der Waals surface area contributed by atoms with Crippen LogP contribution in [0.25, 0.3) is 0 Å². The predicted octanol–water partition coefficient (Wildman–Crippen LogP) is -0.203. The SMILES string of the molecule is O=C(NC(CO)C(=O)O)c1ccc2c(c1)CCO2. The Labute approximate surface area is 103 Å². The second kappa shape index (κ2) is 5.05. The molecule has 0 aromatic heterocycles. The van der Waals surface area contributed by atoms with E-state index in [0.29, 0.717) is 12.2 Å². The molecule has 0 bridgehead atoms. The van der Waals surface area contributed by atoms with E-state index in [4.69, 9.17) is 14.9 Å². The Morgan fingerprint density at radius 2 is 2.22 bits per heavy atom. The zero-order chi connectivity index (χ0) is 13.1. The van der Waals surface area contributed by atoms with E-state index in [1.807, 2.05) is 0 Å². The lowest BCUT2D eigenvalue weighted by atomic mass is 10.1. The van der Waals surface area contributed by atoms with Crippen LogP contribution in [0, 0.1) is 0 Å². The second-order valence-electron chi connectivity index (χ2n) is 3.97. The summed E-state index contributed by atoms with van der Waals surface area (Å²) in [5.74, 6) is -1.04. The van der Waals surface area contributed by atoms with Gasteiger partial charge in [0.15, 0.2) is 6.04 Å². The van der Waals surface area contributed by atoms with E-state index in [1.165, 1.54) is 0 Å². The molecule has 1 atom stereocenters. The molecule has 0 saturated heterocycles. The summed E-state index contributed by atoms with van der Waals surface area (Å²) in [4.78, 5) is 22.5. The second-order valence-corrected chi connectivity index (χ2v) is 3.97. The van der Waals surface area contributed by atoms with Gasteiger partial charge in [-0.3, -0.25) is 4.79 Å². The molecule has 1 unspecified atom stereocenters. The van der Waals surface area contributed by atoms with Gasteiger partial charge in [0.05, 0.1) is 13.2 Å². The van der Waals surface area contributed by atoms with Gasteiger partial charge in [0.2, 0.25) is 0 Å². The van der Waals surface area contributed by atoms with Crippen LogP contribution in [0.15, 0.2) is 18.2 Å². The van der Waals surface area contributed by atoms with E-state index in [0.717, 1.165) is 17.7 Å². The van der Waals surface area contributed by atoms with Crippen LogP contribution in [-0.2, 0) is 11.2 Å². The minimum Gasteiger partial charge on any atom is -0.493 e. The van der Waals surface area contributed by atoms with E-state index < -0.39 is 24.5 Å². The molecule has 18 heavy (non-hydrogen) atoms. The van der Waals surface area contributed by atoms with Crippen LogP contribution in [0.3, 0.4) is 0 Å². The predicted molar refractivity (Wildman–Crippen MR) is 61.6 cm³/mol. The van der Waals surface area contributed by atoms with Crippen molar-refractivity contribution in [3.8, 4) is 5.75 Å². The average Bonchev–Trinajstić information content (AvgIpc) is 2.82. The number of fused-ring (bicyclic) bond motifs is 1. The van der Waals surface area contributed by atoms with Crippen molar-refractivity contribution < 1.29 is 24.5 Å². The van der Waals surface area contributed by atoms with Gasteiger partial charge in [0.25, 0.3) is 5.91 Å². The van der Waals surface area contributed by atoms with Crippen molar-refractivity contribution in [2.75, 3.05) is 13.2 Å². The summed E-state index contributed by atoms with van der Waals surface area (Å²) in [5.41, 5.74) is 1.29. The molecule has 0 saturated carbocycles. The maximum absolute atomic E-state index is 11.8. The van der Waals surface area contributed by atoms with Gasteiger partial charge >= 0.3 is 5.97 Å². The van der Waals surface area contributed by atoms with Crippen molar-refractivity contribution in [3.63, 3.8) is 0 Å². The van der Waals surface area contributed by atoms with E-state index in [9.17, 15) is 9.59 Å². The Morgan fingerprint density at radius 3 is 2.89 bits per heavy atom. The smallest absolute Gasteiger partial charge is 0.328 e. The Morgan fingerprint density at radius 1 is 1.44 bits per heavy atom. The number of aliphatic carboxylic acids is 1. The monoisotopic (exact) mass is 251 g/mol. The van der Waals surface area contributed by atoms with Crippen LogP contribution in [0.2, 0.25) is 0 Å². The molecular weight excluding hydrogens is 238 g/mol. The van der Waals surface area contributed by atoms with Crippen LogP contribution < -0.4 is 10.1 Å². The zero-order valence-electron chi connectivity index (χ0n) is 9.55. The van der Waals surface area contributed by atoms with E-state index in [2.05, 4.69) is 5.32 Å². The fourth-order valence-electron chi connectivity index (χ4n) is 1.75. The molecule has 1 amide bonds. The third kappa shape index (κ3) is 2.43. The Bertz CT molecular complexity index is 485. The van der Waals surface area contributed by atoms with Crippen LogP contribution in [-0.4, -0.2) is 41.3 Å². The molecule has 1 aromatic rings. The summed E-state index contributed by atoms with van der Waals surface area (Å²) in [6.07, 6.45) is 0.735. The summed E-state index contributed by atoms with van der Waals surface area (Å²) >= 11 is 0. The van der Waals surface area contributed by atoms with Gasteiger partial charge in [0.1, 0.15) is 5.75 Å². The number of hydrogen-bond acceptors (Lipinski definition) is 4. The van der Waals surface area contributed by atoms with Crippen molar-refractivity contribution in [1.29, 1.82) is 0 Å². The molecule has 0 radical (unpaired) electrons. The normalized spacial score (nSPS) is 14.5. The van der Waals surface area contributed by atoms with Crippen molar-refractivity contribution in [2.45, 2.75) is 12.5 Å². The first-order valence-electron chi connectivity index (χ1n) is 5.52. The fourth-order valence-corrected chi connectivity index (χ4v) is 1.75. The maximum Gasteiger partial charge on any atom is 0.328 e. The summed E-state index contributed by atoms with van der Waals surface area (Å²) in [6.45, 7) is -0.0517. The Balaban J connectivity index is 2.12. The van der Waals surface area contributed by atoms with Gasteiger partial charge in [0, 0.05) is 12.0 Å². The third-order valence-corrected chi connectivity index (χ3v) is 2.74. The number of amides is 1. The number of aliphatic hydroxyl groups excluding tert-OH is 1. The molecule has 1 heterocycles. The van der Waals surface area contributed by atoms with Crippen molar-refractivity contribution >= 4 is 11.9 Å². The molecule has 1 aromatic carbocycles. The highest BCUT2D eigenvalue weighted by atomic mass is 16.5. The van der Waals surface area contributed by atoms with Crippen molar-refractivity contribution in [2.24, 2.45) is 0 Å². The summed E-state index contributed by atoms with van der Waals surface area (Å²) < 4.78 is 5.31. The number of carboxylic acids is 1. The van der Waals surface area contributed by atoms with Gasteiger partial charge in [-0.25, -0.2) is 4.79 Å². The van der Waals surface area contributed by atoms with Crippen molar-refractivity contribution in [1.82, 2.24) is 5.32 Å². The fraction of sp³-hybridized carbons (Fsp3) is 0.333. The van der Waals surface area contributed by atoms with Gasteiger partial charge < -0.3 is 20.3 Å². The first-order valence-corrected chi connectivity index (χ1v) is 5.52. The Kier molecular flexibility index (Phi) is 3.47. The highest BCUT2D eigenvalue weighted by molar-refractivity contribution is 5.97. The molecule has 96 valence electrons. The third-order valence-electron chi connectivity index (χ3n) is 2.74.